The predicted octanol–water partition coefficient (Wildman–Crippen LogP) is 0.0676. The Kier molecular flexibility index (Phi) is 6.58. The second-order valence-electron chi connectivity index (χ2n) is 4.17. The van der Waals surface area contributed by atoms with Crippen molar-refractivity contribution in [2.24, 2.45) is 11.8 Å². The van der Waals surface area contributed by atoms with E-state index in [0.717, 1.165) is 0 Å². The minimum atomic E-state index is -0.516. The first-order valence-electron chi connectivity index (χ1n) is 5.91. The van der Waals surface area contributed by atoms with Gasteiger partial charge in [0.2, 0.25) is 5.91 Å². The van der Waals surface area contributed by atoms with Crippen molar-refractivity contribution in [3.05, 3.63) is 12.2 Å². The fraction of sp³-hybridized carbons (Fsp3) is 0.583. The number of thioether (sulfide) groups is 1. The Labute approximate surface area is 115 Å². The van der Waals surface area contributed by atoms with E-state index in [1.54, 1.807) is 6.08 Å². The number of amides is 1. The number of hydroxylamine groups is 1. The summed E-state index contributed by atoms with van der Waals surface area (Å²) in [6.45, 7) is 1.20. The lowest BCUT2D eigenvalue weighted by Crippen LogP contribution is -2.25. The average Bonchev–Trinajstić information content (AvgIpc) is 2.73. The quantitative estimate of drug-likeness (QED) is 0.530. The SMILES string of the molecule is CC(=O)NOC(=O)CCSC[C@H]1C(=O)C=C[C@H]1CO. The molecule has 0 aromatic carbocycles. The molecule has 0 saturated carbocycles. The maximum absolute atomic E-state index is 11.5. The second kappa shape index (κ2) is 7.96. The molecule has 0 bridgehead atoms. The van der Waals surface area contributed by atoms with Crippen molar-refractivity contribution >= 4 is 29.4 Å². The van der Waals surface area contributed by atoms with E-state index >= 15 is 0 Å². The standard InChI is InChI=1S/C12H17NO5S/c1-8(15)13-18-12(17)4-5-19-7-10-9(6-14)2-3-11(10)16/h2-3,9-10,14H,4-7H2,1H3,(H,13,15)/t9-,10+/m0/s1. The topological polar surface area (TPSA) is 92.7 Å². The van der Waals surface area contributed by atoms with Crippen molar-refractivity contribution in [2.45, 2.75) is 13.3 Å². The van der Waals surface area contributed by atoms with Gasteiger partial charge in [-0.05, 0) is 6.08 Å². The van der Waals surface area contributed by atoms with Crippen LogP contribution in [-0.2, 0) is 19.2 Å². The molecule has 106 valence electrons. The van der Waals surface area contributed by atoms with Crippen molar-refractivity contribution in [1.29, 1.82) is 0 Å². The van der Waals surface area contributed by atoms with E-state index in [4.69, 9.17) is 5.11 Å². The summed E-state index contributed by atoms with van der Waals surface area (Å²) in [6.07, 6.45) is 3.37. The van der Waals surface area contributed by atoms with Gasteiger partial charge in [0.1, 0.15) is 0 Å². The molecule has 0 fully saturated rings. The lowest BCUT2D eigenvalue weighted by molar-refractivity contribution is -0.157. The molecular weight excluding hydrogens is 270 g/mol. The molecule has 0 heterocycles. The zero-order valence-corrected chi connectivity index (χ0v) is 11.4. The first kappa shape index (κ1) is 15.7. The van der Waals surface area contributed by atoms with Crippen LogP contribution in [0.4, 0.5) is 0 Å². The Balaban J connectivity index is 2.15. The van der Waals surface area contributed by atoms with Crippen molar-refractivity contribution < 1.29 is 24.3 Å². The summed E-state index contributed by atoms with van der Waals surface area (Å²) < 4.78 is 0. The third kappa shape index (κ3) is 5.44. The van der Waals surface area contributed by atoms with Crippen LogP contribution in [0.2, 0.25) is 0 Å². The van der Waals surface area contributed by atoms with Gasteiger partial charge in [-0.1, -0.05) is 6.08 Å². The summed E-state index contributed by atoms with van der Waals surface area (Å²) >= 11 is 1.45. The molecule has 0 radical (unpaired) electrons. The predicted molar refractivity (Wildman–Crippen MR) is 70.1 cm³/mol. The molecule has 1 amide bonds. The van der Waals surface area contributed by atoms with Gasteiger partial charge in [0.25, 0.3) is 0 Å². The summed E-state index contributed by atoms with van der Waals surface area (Å²) in [6, 6.07) is 0. The van der Waals surface area contributed by atoms with Crippen LogP contribution in [0.3, 0.4) is 0 Å². The van der Waals surface area contributed by atoms with Gasteiger partial charge in [-0.25, -0.2) is 4.79 Å². The Bertz CT molecular complexity index is 382. The maximum Gasteiger partial charge on any atom is 0.333 e. The molecule has 0 saturated heterocycles. The number of aliphatic hydroxyl groups excluding tert-OH is 1. The van der Waals surface area contributed by atoms with Crippen LogP contribution in [0.15, 0.2) is 12.2 Å². The van der Waals surface area contributed by atoms with Gasteiger partial charge in [0, 0.05) is 30.3 Å². The first-order chi connectivity index (χ1) is 9.04. The Morgan fingerprint density at radius 3 is 2.89 bits per heavy atom. The van der Waals surface area contributed by atoms with Crippen LogP contribution in [0.25, 0.3) is 0 Å². The highest BCUT2D eigenvalue weighted by Gasteiger charge is 2.29. The van der Waals surface area contributed by atoms with Gasteiger partial charge < -0.3 is 9.94 Å². The molecule has 1 rings (SSSR count). The lowest BCUT2D eigenvalue weighted by atomic mass is 9.98. The molecule has 0 aromatic heterocycles. The van der Waals surface area contributed by atoms with Crippen LogP contribution >= 0.6 is 11.8 Å². The van der Waals surface area contributed by atoms with Gasteiger partial charge in [0.05, 0.1) is 13.0 Å². The van der Waals surface area contributed by atoms with Crippen LogP contribution in [0.1, 0.15) is 13.3 Å². The molecule has 0 spiro atoms. The summed E-state index contributed by atoms with van der Waals surface area (Å²) in [4.78, 5) is 37.6. The number of ketones is 1. The zero-order chi connectivity index (χ0) is 14.3. The first-order valence-corrected chi connectivity index (χ1v) is 7.07. The maximum atomic E-state index is 11.5. The number of hydrogen-bond donors (Lipinski definition) is 2. The molecule has 6 nitrogen and oxygen atoms in total. The van der Waals surface area contributed by atoms with E-state index < -0.39 is 11.9 Å². The van der Waals surface area contributed by atoms with Gasteiger partial charge in [0.15, 0.2) is 5.78 Å². The highest BCUT2D eigenvalue weighted by atomic mass is 32.2. The van der Waals surface area contributed by atoms with Gasteiger partial charge in [-0.15, -0.1) is 0 Å². The number of carbonyl (C=O) groups excluding carboxylic acids is 3. The third-order valence-corrected chi connectivity index (χ3v) is 3.74. The molecule has 2 atom stereocenters. The minimum Gasteiger partial charge on any atom is -0.396 e. The highest BCUT2D eigenvalue weighted by Crippen LogP contribution is 2.25. The number of allylic oxidation sites excluding steroid dienone is 1. The van der Waals surface area contributed by atoms with Crippen molar-refractivity contribution in [2.75, 3.05) is 18.1 Å². The van der Waals surface area contributed by atoms with E-state index in [-0.39, 0.29) is 30.6 Å². The van der Waals surface area contributed by atoms with Crippen LogP contribution in [0, 0.1) is 11.8 Å². The van der Waals surface area contributed by atoms with Gasteiger partial charge >= 0.3 is 5.97 Å². The summed E-state index contributed by atoms with van der Waals surface area (Å²) in [5.74, 6) is -0.197. The average molecular weight is 287 g/mol. The molecule has 7 heteroatoms. The summed E-state index contributed by atoms with van der Waals surface area (Å²) in [7, 11) is 0. The molecule has 1 aliphatic carbocycles. The van der Waals surface area contributed by atoms with E-state index in [1.165, 1.54) is 24.8 Å². The van der Waals surface area contributed by atoms with Crippen molar-refractivity contribution in [1.82, 2.24) is 5.48 Å². The van der Waals surface area contributed by atoms with E-state index in [1.807, 2.05) is 5.48 Å². The second-order valence-corrected chi connectivity index (χ2v) is 5.32. The molecule has 2 N–H and O–H groups in total. The molecule has 0 aliphatic heterocycles. The van der Waals surface area contributed by atoms with Gasteiger partial charge in [-0.2, -0.15) is 17.2 Å². The van der Waals surface area contributed by atoms with Crippen LogP contribution in [-0.4, -0.2) is 40.9 Å². The molecular formula is C12H17NO5S. The summed E-state index contributed by atoms with van der Waals surface area (Å²) in [5, 5.41) is 9.09. The Hall–Kier alpha value is -1.34. The molecule has 0 unspecified atom stereocenters. The largest absolute Gasteiger partial charge is 0.396 e. The monoisotopic (exact) mass is 287 g/mol. The smallest absolute Gasteiger partial charge is 0.333 e. The molecule has 0 aromatic rings. The van der Waals surface area contributed by atoms with Crippen LogP contribution in [0.5, 0.6) is 0 Å². The van der Waals surface area contributed by atoms with E-state index in [0.29, 0.717) is 11.5 Å². The number of rotatable bonds is 6. The van der Waals surface area contributed by atoms with E-state index in [2.05, 4.69) is 4.84 Å². The zero-order valence-electron chi connectivity index (χ0n) is 10.6. The Morgan fingerprint density at radius 2 is 2.26 bits per heavy atom. The fourth-order valence-electron chi connectivity index (χ4n) is 1.63. The minimum absolute atomic E-state index is 0.0207. The molecule has 19 heavy (non-hydrogen) atoms. The lowest BCUT2D eigenvalue weighted by Gasteiger charge is -2.14. The Morgan fingerprint density at radius 1 is 1.53 bits per heavy atom. The summed E-state index contributed by atoms with van der Waals surface area (Å²) in [5.41, 5.74) is 1.96. The normalized spacial score (nSPS) is 21.5. The molecule has 1 aliphatic rings. The van der Waals surface area contributed by atoms with Crippen molar-refractivity contribution in [3.63, 3.8) is 0 Å². The van der Waals surface area contributed by atoms with E-state index in [9.17, 15) is 14.4 Å². The highest BCUT2D eigenvalue weighted by molar-refractivity contribution is 7.99. The third-order valence-electron chi connectivity index (χ3n) is 2.66. The number of nitrogens with one attached hydrogen (secondary N) is 1. The number of hydrogen-bond acceptors (Lipinski definition) is 6. The van der Waals surface area contributed by atoms with Crippen molar-refractivity contribution in [3.8, 4) is 0 Å². The fourth-order valence-corrected chi connectivity index (χ4v) is 2.77. The van der Waals surface area contributed by atoms with Crippen LogP contribution < -0.4 is 5.48 Å². The number of aliphatic hydroxyl groups is 1. The van der Waals surface area contributed by atoms with Gasteiger partial charge in [-0.3, -0.25) is 9.59 Å². The number of carbonyl (C=O) groups is 3.